The highest BCUT2D eigenvalue weighted by atomic mass is 16.5. The molecule has 1 N–H and O–H groups in total. The third-order valence-electron chi connectivity index (χ3n) is 4.56. The van der Waals surface area contributed by atoms with Crippen LogP contribution >= 0.6 is 0 Å². The van der Waals surface area contributed by atoms with E-state index in [2.05, 4.69) is 29.2 Å². The Balaban J connectivity index is 1.60. The van der Waals surface area contributed by atoms with Crippen molar-refractivity contribution in [2.75, 3.05) is 32.8 Å². The number of nitrogens with zero attached hydrogens (tertiary/aromatic N) is 2. The van der Waals surface area contributed by atoms with E-state index in [9.17, 15) is 4.79 Å². The molecule has 1 aliphatic heterocycles. The van der Waals surface area contributed by atoms with Crippen LogP contribution in [-0.4, -0.2) is 54.9 Å². The van der Waals surface area contributed by atoms with Crippen molar-refractivity contribution in [3.05, 3.63) is 42.2 Å². The number of benzene rings is 1. The molecule has 2 heterocycles. The maximum Gasteiger partial charge on any atom is 0.289 e. The number of nitrogens with one attached hydrogen (secondary N) is 1. The number of carbonyl (C=O) groups excluding carboxylic acids is 1. The summed E-state index contributed by atoms with van der Waals surface area (Å²) in [7, 11) is 0. The van der Waals surface area contributed by atoms with Crippen molar-refractivity contribution in [2.24, 2.45) is 5.92 Å². The van der Waals surface area contributed by atoms with E-state index in [4.69, 9.17) is 9.26 Å². The van der Waals surface area contributed by atoms with Crippen LogP contribution in [0.3, 0.4) is 0 Å². The average molecular weight is 343 g/mol. The van der Waals surface area contributed by atoms with Crippen molar-refractivity contribution < 1.29 is 14.1 Å². The van der Waals surface area contributed by atoms with Gasteiger partial charge in [0.25, 0.3) is 5.91 Å². The maximum atomic E-state index is 12.4. The quantitative estimate of drug-likeness (QED) is 0.872. The SMILES string of the molecule is CC(C)[C@H](CNC(=O)c1cc(-c2ccccc2)no1)N1CCOCC1. The van der Waals surface area contributed by atoms with Gasteiger partial charge in [-0.3, -0.25) is 9.69 Å². The highest BCUT2D eigenvalue weighted by Crippen LogP contribution is 2.18. The molecule has 1 amide bonds. The Morgan fingerprint density at radius 3 is 2.64 bits per heavy atom. The van der Waals surface area contributed by atoms with Crippen molar-refractivity contribution in [2.45, 2.75) is 19.9 Å². The second-order valence-corrected chi connectivity index (χ2v) is 6.61. The normalized spacial score (nSPS) is 16.8. The molecule has 1 saturated heterocycles. The lowest BCUT2D eigenvalue weighted by atomic mass is 10.0. The third-order valence-corrected chi connectivity index (χ3v) is 4.56. The summed E-state index contributed by atoms with van der Waals surface area (Å²) in [5.74, 6) is 0.449. The Hall–Kier alpha value is -2.18. The molecule has 1 aliphatic rings. The fourth-order valence-electron chi connectivity index (χ4n) is 3.11. The lowest BCUT2D eigenvalue weighted by molar-refractivity contribution is 0.00664. The minimum atomic E-state index is -0.228. The summed E-state index contributed by atoms with van der Waals surface area (Å²) in [6, 6.07) is 11.6. The van der Waals surface area contributed by atoms with E-state index >= 15 is 0 Å². The van der Waals surface area contributed by atoms with Gasteiger partial charge in [-0.1, -0.05) is 49.3 Å². The van der Waals surface area contributed by atoms with Crippen molar-refractivity contribution >= 4 is 5.91 Å². The monoisotopic (exact) mass is 343 g/mol. The van der Waals surface area contributed by atoms with Crippen LogP contribution in [0.5, 0.6) is 0 Å². The zero-order valence-corrected chi connectivity index (χ0v) is 14.8. The Kier molecular flexibility index (Phi) is 5.83. The molecule has 0 spiro atoms. The highest BCUT2D eigenvalue weighted by molar-refractivity contribution is 5.92. The third kappa shape index (κ3) is 4.46. The van der Waals surface area contributed by atoms with E-state index in [0.717, 1.165) is 31.9 Å². The van der Waals surface area contributed by atoms with E-state index in [1.165, 1.54) is 0 Å². The smallest absolute Gasteiger partial charge is 0.289 e. The van der Waals surface area contributed by atoms with E-state index in [1.807, 2.05) is 30.3 Å². The molecule has 0 aliphatic carbocycles. The number of ether oxygens (including phenoxy) is 1. The Morgan fingerprint density at radius 2 is 1.96 bits per heavy atom. The number of amides is 1. The first-order valence-electron chi connectivity index (χ1n) is 8.77. The predicted molar refractivity (Wildman–Crippen MR) is 95.3 cm³/mol. The molecule has 0 bridgehead atoms. The first kappa shape index (κ1) is 17.6. The first-order valence-corrected chi connectivity index (χ1v) is 8.77. The first-order chi connectivity index (χ1) is 12.1. The second-order valence-electron chi connectivity index (χ2n) is 6.61. The molecular weight excluding hydrogens is 318 g/mol. The molecule has 6 heteroatoms. The van der Waals surface area contributed by atoms with Crippen LogP contribution in [0.25, 0.3) is 11.3 Å². The summed E-state index contributed by atoms with van der Waals surface area (Å²) in [5.41, 5.74) is 1.60. The van der Waals surface area contributed by atoms with Gasteiger partial charge in [-0.15, -0.1) is 0 Å². The van der Waals surface area contributed by atoms with Gasteiger partial charge >= 0.3 is 0 Å². The van der Waals surface area contributed by atoms with E-state index in [0.29, 0.717) is 18.2 Å². The van der Waals surface area contributed by atoms with Crippen LogP contribution in [0.15, 0.2) is 40.9 Å². The number of hydrogen-bond donors (Lipinski definition) is 1. The van der Waals surface area contributed by atoms with Gasteiger partial charge in [-0.05, 0) is 5.92 Å². The molecule has 0 saturated carbocycles. The predicted octanol–water partition coefficient (Wildman–Crippen LogP) is 2.43. The molecule has 1 atom stereocenters. The number of carbonyl (C=O) groups is 1. The molecule has 25 heavy (non-hydrogen) atoms. The summed E-state index contributed by atoms with van der Waals surface area (Å²) in [6.45, 7) is 8.23. The van der Waals surface area contributed by atoms with Crippen LogP contribution in [0.2, 0.25) is 0 Å². The topological polar surface area (TPSA) is 67.6 Å². The molecule has 6 nitrogen and oxygen atoms in total. The van der Waals surface area contributed by atoms with Gasteiger partial charge in [0.15, 0.2) is 0 Å². The summed E-state index contributed by atoms with van der Waals surface area (Å²) in [6.07, 6.45) is 0. The highest BCUT2D eigenvalue weighted by Gasteiger charge is 2.25. The standard InChI is InChI=1S/C19H25N3O3/c1-14(2)17(22-8-10-24-11-9-22)13-20-19(23)18-12-16(21-25-18)15-6-4-3-5-7-15/h3-7,12,14,17H,8-11,13H2,1-2H3,(H,20,23)/t17-/m0/s1. The Morgan fingerprint density at radius 1 is 1.24 bits per heavy atom. The van der Waals surface area contributed by atoms with Gasteiger partial charge in [-0.25, -0.2) is 0 Å². The number of rotatable bonds is 6. The molecule has 0 radical (unpaired) electrons. The Labute approximate surface area is 148 Å². The van der Waals surface area contributed by atoms with E-state index < -0.39 is 0 Å². The lowest BCUT2D eigenvalue weighted by Gasteiger charge is -2.36. The van der Waals surface area contributed by atoms with Gasteiger partial charge < -0.3 is 14.6 Å². The lowest BCUT2D eigenvalue weighted by Crippen LogP contribution is -2.51. The molecule has 2 aromatic rings. The van der Waals surface area contributed by atoms with Gasteiger partial charge in [0.1, 0.15) is 5.69 Å². The second kappa shape index (κ2) is 8.27. The van der Waals surface area contributed by atoms with Gasteiger partial charge in [0.05, 0.1) is 13.2 Å². The van der Waals surface area contributed by atoms with Crippen LogP contribution in [0.1, 0.15) is 24.4 Å². The summed E-state index contributed by atoms with van der Waals surface area (Å²) in [5, 5.41) is 6.98. The maximum absolute atomic E-state index is 12.4. The number of aromatic nitrogens is 1. The zero-order chi connectivity index (χ0) is 17.6. The largest absolute Gasteiger partial charge is 0.379 e. The van der Waals surface area contributed by atoms with Crippen LogP contribution in [0.4, 0.5) is 0 Å². The van der Waals surface area contributed by atoms with E-state index in [-0.39, 0.29) is 17.7 Å². The fourth-order valence-corrected chi connectivity index (χ4v) is 3.11. The molecular formula is C19H25N3O3. The molecule has 1 fully saturated rings. The van der Waals surface area contributed by atoms with Crippen molar-refractivity contribution in [1.29, 1.82) is 0 Å². The molecule has 1 aromatic heterocycles. The zero-order valence-electron chi connectivity index (χ0n) is 14.8. The van der Waals surface area contributed by atoms with Crippen molar-refractivity contribution in [3.63, 3.8) is 0 Å². The average Bonchev–Trinajstić information content (AvgIpc) is 3.13. The van der Waals surface area contributed by atoms with Gasteiger partial charge in [0.2, 0.25) is 5.76 Å². The summed E-state index contributed by atoms with van der Waals surface area (Å²) in [4.78, 5) is 14.8. The summed E-state index contributed by atoms with van der Waals surface area (Å²) < 4.78 is 10.6. The molecule has 3 rings (SSSR count). The molecule has 1 aromatic carbocycles. The fraction of sp³-hybridized carbons (Fsp3) is 0.474. The molecule has 0 unspecified atom stereocenters. The molecule has 134 valence electrons. The van der Waals surface area contributed by atoms with Crippen LogP contribution in [0, 0.1) is 5.92 Å². The Bertz CT molecular complexity index is 678. The van der Waals surface area contributed by atoms with Crippen LogP contribution in [-0.2, 0) is 4.74 Å². The van der Waals surface area contributed by atoms with E-state index in [1.54, 1.807) is 6.07 Å². The summed E-state index contributed by atoms with van der Waals surface area (Å²) >= 11 is 0. The van der Waals surface area contributed by atoms with Crippen molar-refractivity contribution in [1.82, 2.24) is 15.4 Å². The number of hydrogen-bond acceptors (Lipinski definition) is 5. The minimum absolute atomic E-state index is 0.228. The van der Waals surface area contributed by atoms with Gasteiger partial charge in [0, 0.05) is 37.3 Å². The van der Waals surface area contributed by atoms with Crippen LogP contribution < -0.4 is 5.32 Å². The van der Waals surface area contributed by atoms with Gasteiger partial charge in [-0.2, -0.15) is 0 Å². The minimum Gasteiger partial charge on any atom is -0.379 e. The number of morpholine rings is 1. The van der Waals surface area contributed by atoms with Crippen molar-refractivity contribution in [3.8, 4) is 11.3 Å².